The number of ketones is 1. The van der Waals surface area contributed by atoms with Crippen LogP contribution in [-0.2, 0) is 4.79 Å². The van der Waals surface area contributed by atoms with Gasteiger partial charge < -0.3 is 4.48 Å². The van der Waals surface area contributed by atoms with Gasteiger partial charge in [-0.15, -0.1) is 0 Å². The van der Waals surface area contributed by atoms with Gasteiger partial charge in [0.2, 0.25) is 0 Å². The summed E-state index contributed by atoms with van der Waals surface area (Å²) < 4.78 is 1.08. The molecule has 0 radical (unpaired) electrons. The van der Waals surface area contributed by atoms with E-state index in [1.54, 1.807) is 0 Å². The van der Waals surface area contributed by atoms with E-state index in [0.717, 1.165) is 30.5 Å². The number of likely N-dealkylation sites (tertiary alicyclic amines) is 1. The Balaban J connectivity index is 2.58. The van der Waals surface area contributed by atoms with Crippen LogP contribution in [0.25, 0.3) is 0 Å². The Morgan fingerprint density at radius 2 is 2.27 bits per heavy atom. The second-order valence-electron chi connectivity index (χ2n) is 3.96. The van der Waals surface area contributed by atoms with E-state index in [-0.39, 0.29) is 5.92 Å². The fourth-order valence-corrected chi connectivity index (χ4v) is 1.77. The number of hydrogen-bond donors (Lipinski definition) is 0. The van der Waals surface area contributed by atoms with Crippen LogP contribution >= 0.6 is 0 Å². The monoisotopic (exact) mass is 156 g/mol. The summed E-state index contributed by atoms with van der Waals surface area (Å²) in [5.41, 5.74) is 0. The molecule has 1 fully saturated rings. The number of Topliss-reactive ketones (excluding diaryl/α,β-unsaturated/α-hetero) is 1. The van der Waals surface area contributed by atoms with Gasteiger partial charge in [0.1, 0.15) is 5.78 Å². The van der Waals surface area contributed by atoms with Crippen LogP contribution in [0.5, 0.6) is 0 Å². The summed E-state index contributed by atoms with van der Waals surface area (Å²) in [6.07, 6.45) is 0.783. The lowest BCUT2D eigenvalue weighted by Crippen LogP contribution is -2.53. The van der Waals surface area contributed by atoms with Gasteiger partial charge in [0.25, 0.3) is 0 Å². The van der Waals surface area contributed by atoms with E-state index in [2.05, 4.69) is 14.0 Å². The Labute approximate surface area is 68.8 Å². The fraction of sp³-hybridized carbons (Fsp3) is 0.889. The topological polar surface area (TPSA) is 17.1 Å². The molecule has 64 valence electrons. The third-order valence-corrected chi connectivity index (χ3v) is 2.93. The maximum atomic E-state index is 11.2. The van der Waals surface area contributed by atoms with E-state index in [9.17, 15) is 4.79 Å². The van der Waals surface area contributed by atoms with Gasteiger partial charge in [-0.3, -0.25) is 4.79 Å². The van der Waals surface area contributed by atoms with Crippen molar-refractivity contribution in [2.75, 3.05) is 26.7 Å². The highest BCUT2D eigenvalue weighted by molar-refractivity contribution is 5.81. The normalized spacial score (nSPS) is 39.2. The summed E-state index contributed by atoms with van der Waals surface area (Å²) in [5.74, 6) is 0.739. The molecule has 1 aliphatic rings. The summed E-state index contributed by atoms with van der Waals surface area (Å²) >= 11 is 0. The molecular weight excluding hydrogens is 138 g/mol. The highest BCUT2D eigenvalue weighted by Crippen LogP contribution is 2.17. The zero-order valence-corrected chi connectivity index (χ0v) is 7.76. The largest absolute Gasteiger partial charge is 0.325 e. The van der Waals surface area contributed by atoms with Gasteiger partial charge in [0.15, 0.2) is 0 Å². The summed E-state index contributed by atoms with van der Waals surface area (Å²) in [6, 6.07) is 0. The van der Waals surface area contributed by atoms with E-state index >= 15 is 0 Å². The molecule has 0 aliphatic carbocycles. The van der Waals surface area contributed by atoms with Gasteiger partial charge in [-0.25, -0.2) is 0 Å². The number of carbonyl (C=O) groups is 1. The summed E-state index contributed by atoms with van der Waals surface area (Å²) in [4.78, 5) is 11.2. The molecule has 0 spiro atoms. The second kappa shape index (κ2) is 2.94. The molecule has 1 aliphatic heterocycles. The van der Waals surface area contributed by atoms with Crippen molar-refractivity contribution in [1.29, 1.82) is 0 Å². The molecule has 2 nitrogen and oxygen atoms in total. The van der Waals surface area contributed by atoms with Crippen LogP contribution in [0.1, 0.15) is 20.3 Å². The minimum Gasteiger partial charge on any atom is -0.325 e. The molecule has 11 heavy (non-hydrogen) atoms. The molecule has 1 saturated heterocycles. The molecular formula is C9H18NO+. The van der Waals surface area contributed by atoms with Crippen molar-refractivity contribution in [3.63, 3.8) is 0 Å². The Morgan fingerprint density at radius 1 is 1.64 bits per heavy atom. The molecule has 2 unspecified atom stereocenters. The molecule has 0 aromatic rings. The smallest absolute Gasteiger partial charge is 0.146 e. The van der Waals surface area contributed by atoms with Crippen molar-refractivity contribution in [2.24, 2.45) is 5.92 Å². The van der Waals surface area contributed by atoms with E-state index in [1.165, 1.54) is 0 Å². The van der Waals surface area contributed by atoms with Gasteiger partial charge in [0, 0.05) is 0 Å². The number of hydrogen-bond acceptors (Lipinski definition) is 1. The van der Waals surface area contributed by atoms with Crippen LogP contribution in [0.4, 0.5) is 0 Å². The lowest BCUT2D eigenvalue weighted by atomic mass is 9.97. The first-order valence-electron chi connectivity index (χ1n) is 4.43. The number of quaternary nitrogens is 1. The zero-order chi connectivity index (χ0) is 8.48. The third kappa shape index (κ3) is 1.80. The maximum absolute atomic E-state index is 11.2. The Kier molecular flexibility index (Phi) is 2.33. The second-order valence-corrected chi connectivity index (χ2v) is 3.96. The quantitative estimate of drug-likeness (QED) is 0.519. The Bertz CT molecular complexity index is 167. The molecule has 1 rings (SSSR count). The van der Waals surface area contributed by atoms with E-state index in [1.807, 2.05) is 6.92 Å². The van der Waals surface area contributed by atoms with Crippen LogP contribution in [0, 0.1) is 5.92 Å². The molecule has 2 heteroatoms. The van der Waals surface area contributed by atoms with Crippen molar-refractivity contribution in [1.82, 2.24) is 0 Å². The molecule has 0 saturated carbocycles. The summed E-state index contributed by atoms with van der Waals surface area (Å²) in [5, 5.41) is 0. The third-order valence-electron chi connectivity index (χ3n) is 2.93. The molecule has 0 amide bonds. The SMILES string of the molecule is CC[N+]1(C)CCC(=O)C(C)C1. The molecule has 0 aromatic heterocycles. The summed E-state index contributed by atoms with van der Waals surface area (Å²) in [7, 11) is 2.24. The lowest BCUT2D eigenvalue weighted by molar-refractivity contribution is -0.911. The molecule has 0 bridgehead atoms. The lowest BCUT2D eigenvalue weighted by Gasteiger charge is -2.38. The van der Waals surface area contributed by atoms with E-state index < -0.39 is 0 Å². The average molecular weight is 156 g/mol. The van der Waals surface area contributed by atoms with Crippen molar-refractivity contribution in [2.45, 2.75) is 20.3 Å². The van der Waals surface area contributed by atoms with Gasteiger partial charge >= 0.3 is 0 Å². The number of piperidine rings is 1. The van der Waals surface area contributed by atoms with Gasteiger partial charge in [-0.2, -0.15) is 0 Å². The predicted octanol–water partition coefficient (Wildman–Crippen LogP) is 1.06. The minimum atomic E-state index is 0.286. The maximum Gasteiger partial charge on any atom is 0.146 e. The van der Waals surface area contributed by atoms with Crippen LogP contribution in [0.2, 0.25) is 0 Å². The van der Waals surface area contributed by atoms with E-state index in [4.69, 9.17) is 0 Å². The van der Waals surface area contributed by atoms with Crippen molar-refractivity contribution in [3.8, 4) is 0 Å². The van der Waals surface area contributed by atoms with Gasteiger partial charge in [0.05, 0.1) is 39.0 Å². The predicted molar refractivity (Wildman–Crippen MR) is 45.2 cm³/mol. The summed E-state index contributed by atoms with van der Waals surface area (Å²) in [6.45, 7) is 7.47. The highest BCUT2D eigenvalue weighted by Gasteiger charge is 2.32. The van der Waals surface area contributed by atoms with Crippen LogP contribution in [-0.4, -0.2) is 36.9 Å². The van der Waals surface area contributed by atoms with Crippen LogP contribution < -0.4 is 0 Å². The zero-order valence-electron chi connectivity index (χ0n) is 7.76. The molecule has 0 N–H and O–H groups in total. The van der Waals surface area contributed by atoms with E-state index in [0.29, 0.717) is 5.78 Å². The van der Waals surface area contributed by atoms with Crippen LogP contribution in [0.15, 0.2) is 0 Å². The standard InChI is InChI=1S/C9H18NO/c1-4-10(3)6-5-9(11)8(2)7-10/h8H,4-7H2,1-3H3/q+1. The average Bonchev–Trinajstić information content (AvgIpc) is 1.98. The van der Waals surface area contributed by atoms with Crippen LogP contribution in [0.3, 0.4) is 0 Å². The first kappa shape index (κ1) is 8.72. The molecule has 0 aromatic carbocycles. The van der Waals surface area contributed by atoms with Crippen molar-refractivity contribution >= 4 is 5.78 Å². The first-order chi connectivity index (χ1) is 5.07. The number of nitrogens with zero attached hydrogens (tertiary/aromatic N) is 1. The number of rotatable bonds is 1. The van der Waals surface area contributed by atoms with Crippen molar-refractivity contribution < 1.29 is 9.28 Å². The minimum absolute atomic E-state index is 0.286. The molecule has 1 heterocycles. The number of carbonyl (C=O) groups excluding carboxylic acids is 1. The fourth-order valence-electron chi connectivity index (χ4n) is 1.77. The first-order valence-corrected chi connectivity index (χ1v) is 4.43. The Morgan fingerprint density at radius 3 is 2.73 bits per heavy atom. The van der Waals surface area contributed by atoms with Crippen molar-refractivity contribution in [3.05, 3.63) is 0 Å². The van der Waals surface area contributed by atoms with Gasteiger partial charge in [-0.05, 0) is 6.92 Å². The van der Waals surface area contributed by atoms with Gasteiger partial charge in [-0.1, -0.05) is 6.92 Å². The molecule has 2 atom stereocenters. The highest BCUT2D eigenvalue weighted by atomic mass is 16.1. The Hall–Kier alpha value is -0.370.